The SMILES string of the molecule is O=c1[nH]cc(-c2cc(N3CC[C@H](c4ccc(F)cc4)C3)c3nccn3n2)c(=O)[nH]1. The van der Waals surface area contributed by atoms with Crippen LogP contribution in [0, 0.1) is 5.82 Å². The van der Waals surface area contributed by atoms with Gasteiger partial charge < -0.3 is 9.88 Å². The van der Waals surface area contributed by atoms with E-state index in [0.29, 0.717) is 11.3 Å². The molecule has 0 saturated carbocycles. The van der Waals surface area contributed by atoms with Gasteiger partial charge in [-0.2, -0.15) is 5.10 Å². The van der Waals surface area contributed by atoms with Gasteiger partial charge in [-0.15, -0.1) is 0 Å². The Morgan fingerprint density at radius 1 is 1.17 bits per heavy atom. The van der Waals surface area contributed by atoms with Gasteiger partial charge in [-0.25, -0.2) is 18.7 Å². The second-order valence-corrected chi connectivity index (χ2v) is 7.08. The van der Waals surface area contributed by atoms with Crippen LogP contribution in [-0.2, 0) is 0 Å². The molecule has 0 spiro atoms. The van der Waals surface area contributed by atoms with Crippen molar-refractivity contribution in [2.45, 2.75) is 12.3 Å². The fourth-order valence-electron chi connectivity index (χ4n) is 3.85. The zero-order valence-electron chi connectivity index (χ0n) is 15.3. The second kappa shape index (κ2) is 6.69. The number of hydrogen-bond acceptors (Lipinski definition) is 5. The molecule has 1 aliphatic rings. The molecule has 0 aliphatic carbocycles. The van der Waals surface area contributed by atoms with Gasteiger partial charge in [0.25, 0.3) is 5.56 Å². The van der Waals surface area contributed by atoms with Crippen molar-refractivity contribution in [2.24, 2.45) is 0 Å². The van der Waals surface area contributed by atoms with Gasteiger partial charge in [0.15, 0.2) is 5.65 Å². The zero-order valence-corrected chi connectivity index (χ0v) is 15.3. The van der Waals surface area contributed by atoms with Gasteiger partial charge in [-0.1, -0.05) is 12.1 Å². The van der Waals surface area contributed by atoms with Crippen LogP contribution < -0.4 is 16.1 Å². The number of rotatable bonds is 3. The summed E-state index contributed by atoms with van der Waals surface area (Å²) in [5, 5.41) is 4.46. The van der Waals surface area contributed by atoms with Gasteiger partial charge >= 0.3 is 5.69 Å². The maximum atomic E-state index is 13.2. The third-order valence-corrected chi connectivity index (χ3v) is 5.31. The number of aromatic amines is 2. The van der Waals surface area contributed by atoms with Gasteiger partial charge in [0.1, 0.15) is 11.5 Å². The van der Waals surface area contributed by atoms with Crippen molar-refractivity contribution in [2.75, 3.05) is 18.0 Å². The topological polar surface area (TPSA) is 99.2 Å². The minimum absolute atomic E-state index is 0.243. The number of H-pyrrole nitrogens is 2. The highest BCUT2D eigenvalue weighted by atomic mass is 19.1. The largest absolute Gasteiger partial charge is 0.368 e. The first-order valence-corrected chi connectivity index (χ1v) is 9.26. The molecule has 1 atom stereocenters. The number of nitrogens with zero attached hydrogens (tertiary/aromatic N) is 4. The predicted molar refractivity (Wildman–Crippen MR) is 106 cm³/mol. The molecule has 1 fully saturated rings. The van der Waals surface area contributed by atoms with E-state index in [0.717, 1.165) is 30.8 Å². The molecular formula is C20H17FN6O2. The Morgan fingerprint density at radius 2 is 2.00 bits per heavy atom. The van der Waals surface area contributed by atoms with Crippen molar-refractivity contribution in [3.63, 3.8) is 0 Å². The molecule has 1 saturated heterocycles. The lowest BCUT2D eigenvalue weighted by molar-refractivity contribution is 0.625. The Hall–Kier alpha value is -3.75. The molecule has 0 radical (unpaired) electrons. The van der Waals surface area contributed by atoms with Crippen LogP contribution in [0.15, 0.2) is 58.5 Å². The molecular weight excluding hydrogens is 375 g/mol. The minimum atomic E-state index is -0.565. The molecule has 4 heterocycles. The molecule has 29 heavy (non-hydrogen) atoms. The van der Waals surface area contributed by atoms with Crippen LogP contribution in [0.4, 0.5) is 10.1 Å². The van der Waals surface area contributed by atoms with Crippen LogP contribution in [0.25, 0.3) is 16.9 Å². The van der Waals surface area contributed by atoms with Crippen molar-refractivity contribution in [1.82, 2.24) is 24.6 Å². The van der Waals surface area contributed by atoms with Crippen molar-refractivity contribution < 1.29 is 4.39 Å². The molecule has 4 aromatic rings. The standard InChI is InChI=1S/C20H17FN6O2/c21-14-3-1-12(2-4-14)13-5-7-26(11-13)17-9-16(25-27-8-6-22-18(17)27)15-10-23-20(29)24-19(15)28/h1-4,6,8-10,13H,5,7,11H2,(H2,23,24,28,29)/t13-/m0/s1. The number of fused-ring (bicyclic) bond motifs is 1. The number of benzene rings is 1. The number of imidazole rings is 1. The average molecular weight is 392 g/mol. The van der Waals surface area contributed by atoms with E-state index in [9.17, 15) is 14.0 Å². The summed E-state index contributed by atoms with van der Waals surface area (Å²) in [6.07, 6.45) is 5.66. The normalized spacial score (nSPS) is 16.6. The molecule has 2 N–H and O–H groups in total. The summed E-state index contributed by atoms with van der Waals surface area (Å²) in [5.74, 6) is 0.0336. The highest BCUT2D eigenvalue weighted by molar-refractivity contribution is 5.74. The van der Waals surface area contributed by atoms with E-state index < -0.39 is 11.2 Å². The molecule has 146 valence electrons. The maximum Gasteiger partial charge on any atom is 0.325 e. The first-order valence-electron chi connectivity index (χ1n) is 9.26. The van der Waals surface area contributed by atoms with E-state index in [1.807, 2.05) is 18.2 Å². The third-order valence-electron chi connectivity index (χ3n) is 5.31. The molecule has 1 aromatic carbocycles. The number of nitrogens with one attached hydrogen (secondary N) is 2. The van der Waals surface area contributed by atoms with Gasteiger partial charge in [0.05, 0.1) is 11.3 Å². The quantitative estimate of drug-likeness (QED) is 0.555. The number of hydrogen-bond donors (Lipinski definition) is 2. The maximum absolute atomic E-state index is 13.2. The van der Waals surface area contributed by atoms with Gasteiger partial charge in [0.2, 0.25) is 0 Å². The summed E-state index contributed by atoms with van der Waals surface area (Å²) in [5.41, 5.74) is 2.29. The predicted octanol–water partition coefficient (Wildman–Crippen LogP) is 1.91. The summed E-state index contributed by atoms with van der Waals surface area (Å²) in [6, 6.07) is 8.44. The lowest BCUT2D eigenvalue weighted by atomic mass is 9.99. The van der Waals surface area contributed by atoms with Crippen LogP contribution in [0.2, 0.25) is 0 Å². The van der Waals surface area contributed by atoms with Gasteiger partial charge in [-0.3, -0.25) is 9.78 Å². The summed E-state index contributed by atoms with van der Waals surface area (Å²) in [6.45, 7) is 1.55. The van der Waals surface area contributed by atoms with Crippen molar-refractivity contribution >= 4 is 11.3 Å². The number of aromatic nitrogens is 5. The first kappa shape index (κ1) is 17.4. The summed E-state index contributed by atoms with van der Waals surface area (Å²) < 4.78 is 14.9. The Balaban J connectivity index is 1.55. The van der Waals surface area contributed by atoms with Crippen molar-refractivity contribution in [1.29, 1.82) is 0 Å². The molecule has 3 aromatic heterocycles. The van der Waals surface area contributed by atoms with Crippen LogP contribution in [0.1, 0.15) is 17.9 Å². The smallest absolute Gasteiger partial charge is 0.325 e. The molecule has 0 amide bonds. The van der Waals surface area contributed by atoms with Gasteiger partial charge in [0, 0.05) is 37.6 Å². The summed E-state index contributed by atoms with van der Waals surface area (Å²) in [4.78, 5) is 34.9. The fraction of sp³-hybridized carbons (Fsp3) is 0.200. The Kier molecular flexibility index (Phi) is 4.01. The molecule has 0 unspecified atom stereocenters. The molecule has 0 bridgehead atoms. The van der Waals surface area contributed by atoms with Gasteiger partial charge in [-0.05, 0) is 30.2 Å². The number of anilines is 1. The minimum Gasteiger partial charge on any atom is -0.368 e. The zero-order chi connectivity index (χ0) is 20.0. The van der Waals surface area contributed by atoms with Crippen molar-refractivity contribution in [3.8, 4) is 11.3 Å². The van der Waals surface area contributed by atoms with E-state index in [1.54, 1.807) is 16.9 Å². The number of halogens is 1. The fourth-order valence-corrected chi connectivity index (χ4v) is 3.85. The lowest BCUT2D eigenvalue weighted by Crippen LogP contribution is -2.24. The average Bonchev–Trinajstić information content (AvgIpc) is 3.37. The molecule has 8 nitrogen and oxygen atoms in total. The Bertz CT molecular complexity index is 1310. The molecule has 5 rings (SSSR count). The monoisotopic (exact) mass is 392 g/mol. The van der Waals surface area contributed by atoms with Crippen LogP contribution in [0.5, 0.6) is 0 Å². The summed E-state index contributed by atoms with van der Waals surface area (Å²) >= 11 is 0. The van der Waals surface area contributed by atoms with E-state index in [4.69, 9.17) is 0 Å². The van der Waals surface area contributed by atoms with E-state index in [2.05, 4.69) is 25.0 Å². The van der Waals surface area contributed by atoms with Crippen LogP contribution >= 0.6 is 0 Å². The third kappa shape index (κ3) is 3.10. The second-order valence-electron chi connectivity index (χ2n) is 7.08. The van der Waals surface area contributed by atoms with Crippen LogP contribution in [-0.4, -0.2) is 37.7 Å². The Labute approximate surface area is 163 Å². The first-order chi connectivity index (χ1) is 14.1. The van der Waals surface area contributed by atoms with Crippen LogP contribution in [0.3, 0.4) is 0 Å². The highest BCUT2D eigenvalue weighted by Gasteiger charge is 2.26. The van der Waals surface area contributed by atoms with Crippen molar-refractivity contribution in [3.05, 3.63) is 81.1 Å². The summed E-state index contributed by atoms with van der Waals surface area (Å²) in [7, 11) is 0. The molecule has 1 aliphatic heterocycles. The Morgan fingerprint density at radius 3 is 2.79 bits per heavy atom. The van der Waals surface area contributed by atoms with E-state index in [-0.39, 0.29) is 17.3 Å². The highest BCUT2D eigenvalue weighted by Crippen LogP contribution is 2.33. The molecule has 9 heteroatoms. The lowest BCUT2D eigenvalue weighted by Gasteiger charge is -2.20. The van der Waals surface area contributed by atoms with E-state index in [1.165, 1.54) is 18.3 Å². The van der Waals surface area contributed by atoms with E-state index >= 15 is 0 Å².